The van der Waals surface area contributed by atoms with Crippen molar-refractivity contribution >= 4 is 23.4 Å². The SMILES string of the molecule is N#Cc1ccc(N2CC(=O)N(Cc3ccc(C(F)(F)F)cc3)[C@@]3(CCN(C(=O)C4CCC4)C3)C2=O)c(F)c1. The molecule has 5 rings (SSSR count). The Morgan fingerprint density at radius 3 is 2.39 bits per heavy atom. The topological polar surface area (TPSA) is 84.7 Å². The summed E-state index contributed by atoms with van der Waals surface area (Å²) in [4.78, 5) is 44.5. The molecule has 0 radical (unpaired) electrons. The van der Waals surface area contributed by atoms with Crippen molar-refractivity contribution in [1.82, 2.24) is 9.80 Å². The van der Waals surface area contributed by atoms with E-state index < -0.39 is 41.5 Å². The number of carbonyl (C=O) groups is 3. The minimum Gasteiger partial charge on any atom is -0.339 e. The maximum Gasteiger partial charge on any atom is 0.416 e. The monoisotopic (exact) mass is 528 g/mol. The molecule has 2 aromatic carbocycles. The summed E-state index contributed by atoms with van der Waals surface area (Å²) >= 11 is 0. The van der Waals surface area contributed by atoms with Gasteiger partial charge in [0.05, 0.1) is 29.4 Å². The Morgan fingerprint density at radius 1 is 1.11 bits per heavy atom. The third-order valence-corrected chi connectivity index (χ3v) is 7.76. The number of halogens is 4. The number of amides is 3. The van der Waals surface area contributed by atoms with E-state index in [0.717, 1.165) is 42.4 Å². The number of carbonyl (C=O) groups excluding carboxylic acids is 3. The molecule has 38 heavy (non-hydrogen) atoms. The minimum atomic E-state index is -4.52. The molecule has 2 heterocycles. The standard InChI is InChI=1S/C27H24F4N4O3/c28-21-12-18(13-32)6-9-22(21)34-15-23(36)35(14-17-4-7-20(8-5-17)27(29,30)31)26(25(34)38)10-11-33(16-26)24(37)19-2-1-3-19/h4-9,12,19H,1-3,10-11,14-16H2/t26-/m1/s1. The molecule has 2 saturated heterocycles. The predicted octanol–water partition coefficient (Wildman–Crippen LogP) is 3.86. The predicted molar refractivity (Wildman–Crippen MR) is 127 cm³/mol. The summed E-state index contributed by atoms with van der Waals surface area (Å²) < 4.78 is 54.0. The Balaban J connectivity index is 1.49. The van der Waals surface area contributed by atoms with Gasteiger partial charge in [-0.05, 0) is 55.2 Å². The summed E-state index contributed by atoms with van der Waals surface area (Å²) in [6.07, 6.45) is -1.94. The lowest BCUT2D eigenvalue weighted by Crippen LogP contribution is -2.69. The van der Waals surface area contributed by atoms with Crippen LogP contribution in [0.1, 0.15) is 42.4 Å². The van der Waals surface area contributed by atoms with Crippen molar-refractivity contribution in [3.05, 3.63) is 65.0 Å². The maximum absolute atomic E-state index is 14.9. The minimum absolute atomic E-state index is 0.0545. The van der Waals surface area contributed by atoms with Gasteiger partial charge in [-0.1, -0.05) is 18.6 Å². The third-order valence-electron chi connectivity index (χ3n) is 7.76. The lowest BCUT2D eigenvalue weighted by atomic mass is 9.84. The highest BCUT2D eigenvalue weighted by molar-refractivity contribution is 6.10. The molecule has 198 valence electrons. The summed E-state index contributed by atoms with van der Waals surface area (Å²) in [6, 6.07) is 9.76. The molecule has 0 bridgehead atoms. The van der Waals surface area contributed by atoms with E-state index in [-0.39, 0.29) is 49.1 Å². The highest BCUT2D eigenvalue weighted by Gasteiger charge is 2.57. The summed E-state index contributed by atoms with van der Waals surface area (Å²) in [6.45, 7) is -0.484. The summed E-state index contributed by atoms with van der Waals surface area (Å²) in [5.74, 6) is -2.15. The highest BCUT2D eigenvalue weighted by Crippen LogP contribution is 2.39. The maximum atomic E-state index is 14.9. The van der Waals surface area contributed by atoms with Crippen LogP contribution in [0.25, 0.3) is 0 Å². The number of benzene rings is 2. The number of rotatable bonds is 4. The lowest BCUT2D eigenvalue weighted by Gasteiger charge is -2.47. The first kappa shape index (κ1) is 25.7. The van der Waals surface area contributed by atoms with E-state index in [1.54, 1.807) is 4.90 Å². The Hall–Kier alpha value is -3.94. The first-order valence-corrected chi connectivity index (χ1v) is 12.3. The molecule has 1 atom stereocenters. The highest BCUT2D eigenvalue weighted by atomic mass is 19.4. The van der Waals surface area contributed by atoms with Crippen LogP contribution in [0.5, 0.6) is 0 Å². The second-order valence-corrected chi connectivity index (χ2v) is 10.0. The molecule has 3 amide bonds. The Labute approximate surface area is 216 Å². The molecule has 3 aliphatic rings. The number of nitriles is 1. The number of likely N-dealkylation sites (tertiary alicyclic amines) is 1. The normalized spacial score (nSPS) is 22.1. The van der Waals surface area contributed by atoms with E-state index in [2.05, 4.69) is 0 Å². The average molecular weight is 529 g/mol. The molecule has 2 aliphatic heterocycles. The van der Waals surface area contributed by atoms with E-state index in [9.17, 15) is 31.9 Å². The van der Waals surface area contributed by atoms with E-state index in [0.29, 0.717) is 5.56 Å². The third kappa shape index (κ3) is 4.38. The van der Waals surface area contributed by atoms with Crippen molar-refractivity contribution in [2.24, 2.45) is 5.92 Å². The van der Waals surface area contributed by atoms with Crippen LogP contribution in [0.15, 0.2) is 42.5 Å². The smallest absolute Gasteiger partial charge is 0.339 e. The van der Waals surface area contributed by atoms with Gasteiger partial charge in [0.1, 0.15) is 17.9 Å². The van der Waals surface area contributed by atoms with Crippen LogP contribution in [-0.4, -0.2) is 52.7 Å². The zero-order valence-corrected chi connectivity index (χ0v) is 20.3. The zero-order valence-electron chi connectivity index (χ0n) is 20.3. The largest absolute Gasteiger partial charge is 0.416 e. The van der Waals surface area contributed by atoms with Crippen molar-refractivity contribution in [3.8, 4) is 6.07 Å². The fraction of sp³-hybridized carbons (Fsp3) is 0.407. The molecule has 2 aromatic rings. The summed E-state index contributed by atoms with van der Waals surface area (Å²) in [5, 5.41) is 9.05. The van der Waals surface area contributed by atoms with Crippen LogP contribution in [-0.2, 0) is 27.1 Å². The van der Waals surface area contributed by atoms with Crippen molar-refractivity contribution in [2.45, 2.75) is 43.9 Å². The molecule has 1 aliphatic carbocycles. The van der Waals surface area contributed by atoms with Gasteiger partial charge in [-0.15, -0.1) is 0 Å². The number of alkyl halides is 3. The van der Waals surface area contributed by atoms with Gasteiger partial charge in [0, 0.05) is 19.0 Å². The van der Waals surface area contributed by atoms with Crippen molar-refractivity contribution in [2.75, 3.05) is 24.5 Å². The molecule has 3 fully saturated rings. The van der Waals surface area contributed by atoms with Gasteiger partial charge in [-0.2, -0.15) is 18.4 Å². The van der Waals surface area contributed by atoms with Crippen LogP contribution >= 0.6 is 0 Å². The number of hydrogen-bond donors (Lipinski definition) is 0. The van der Waals surface area contributed by atoms with Crippen LogP contribution in [0.4, 0.5) is 23.2 Å². The van der Waals surface area contributed by atoms with Crippen LogP contribution in [0, 0.1) is 23.1 Å². The second-order valence-electron chi connectivity index (χ2n) is 10.0. The Bertz CT molecular complexity index is 1330. The number of piperazine rings is 1. The van der Waals surface area contributed by atoms with Gasteiger partial charge in [0.2, 0.25) is 11.8 Å². The average Bonchev–Trinajstić information content (AvgIpc) is 3.29. The number of anilines is 1. The van der Waals surface area contributed by atoms with Crippen molar-refractivity contribution in [3.63, 3.8) is 0 Å². The fourth-order valence-electron chi connectivity index (χ4n) is 5.40. The van der Waals surface area contributed by atoms with Crippen LogP contribution in [0.3, 0.4) is 0 Å². The Morgan fingerprint density at radius 2 is 1.82 bits per heavy atom. The Kier molecular flexibility index (Phi) is 6.37. The van der Waals surface area contributed by atoms with Gasteiger partial charge >= 0.3 is 6.18 Å². The fourth-order valence-corrected chi connectivity index (χ4v) is 5.40. The van der Waals surface area contributed by atoms with Crippen LogP contribution < -0.4 is 4.90 Å². The van der Waals surface area contributed by atoms with E-state index in [1.807, 2.05) is 6.07 Å². The van der Waals surface area contributed by atoms with Crippen molar-refractivity contribution < 1.29 is 31.9 Å². The lowest BCUT2D eigenvalue weighted by molar-refractivity contribution is -0.152. The first-order chi connectivity index (χ1) is 18.0. The molecule has 0 unspecified atom stereocenters. The van der Waals surface area contributed by atoms with E-state index in [1.165, 1.54) is 29.2 Å². The molecule has 0 aromatic heterocycles. The molecular formula is C27H24F4N4O3. The summed E-state index contributed by atoms with van der Waals surface area (Å²) in [7, 11) is 0. The quantitative estimate of drug-likeness (QED) is 0.565. The molecule has 1 saturated carbocycles. The molecule has 11 heteroatoms. The van der Waals surface area contributed by atoms with Gasteiger partial charge in [-0.25, -0.2) is 4.39 Å². The molecule has 1 spiro atoms. The number of nitrogens with zero attached hydrogens (tertiary/aromatic N) is 4. The van der Waals surface area contributed by atoms with Gasteiger partial charge in [0.15, 0.2) is 0 Å². The van der Waals surface area contributed by atoms with Gasteiger partial charge in [-0.3, -0.25) is 19.3 Å². The second kappa shape index (κ2) is 9.42. The van der Waals surface area contributed by atoms with E-state index in [4.69, 9.17) is 5.26 Å². The molecule has 7 nitrogen and oxygen atoms in total. The molecular weight excluding hydrogens is 504 g/mol. The summed E-state index contributed by atoms with van der Waals surface area (Å²) in [5.41, 5.74) is -2.05. The molecule has 0 N–H and O–H groups in total. The zero-order chi connectivity index (χ0) is 27.2. The first-order valence-electron chi connectivity index (χ1n) is 12.3. The van der Waals surface area contributed by atoms with Crippen molar-refractivity contribution in [1.29, 1.82) is 5.26 Å². The van der Waals surface area contributed by atoms with E-state index >= 15 is 0 Å². The van der Waals surface area contributed by atoms with Crippen LogP contribution in [0.2, 0.25) is 0 Å². The van der Waals surface area contributed by atoms with Gasteiger partial charge < -0.3 is 9.80 Å². The van der Waals surface area contributed by atoms with Gasteiger partial charge in [0.25, 0.3) is 5.91 Å². The number of hydrogen-bond acceptors (Lipinski definition) is 4.